The Morgan fingerprint density at radius 1 is 0.840 bits per heavy atom. The molecule has 25 heavy (non-hydrogen) atoms. The molecule has 0 heterocycles. The van der Waals surface area contributed by atoms with Crippen molar-refractivity contribution in [2.24, 2.45) is 5.92 Å². The quantitative estimate of drug-likeness (QED) is 0.746. The number of carbonyl (C=O) groups excluding carboxylic acids is 2. The minimum absolute atomic E-state index is 0.0329. The van der Waals surface area contributed by atoms with Crippen LogP contribution in [-0.2, 0) is 9.59 Å². The predicted molar refractivity (Wildman–Crippen MR) is 103 cm³/mol. The van der Waals surface area contributed by atoms with Gasteiger partial charge in [0, 0.05) is 23.0 Å². The van der Waals surface area contributed by atoms with Crippen LogP contribution in [-0.4, -0.2) is 18.4 Å². The largest absolute Gasteiger partial charge is 0.376 e. The van der Waals surface area contributed by atoms with Gasteiger partial charge in [-0.3, -0.25) is 9.59 Å². The summed E-state index contributed by atoms with van der Waals surface area (Å²) in [5.74, 6) is -0.233. The molecular weight excluding hydrogens is 314 g/mol. The van der Waals surface area contributed by atoms with Crippen molar-refractivity contribution in [1.29, 1.82) is 0 Å². The lowest BCUT2D eigenvalue weighted by molar-refractivity contribution is -0.119. The van der Waals surface area contributed by atoms with E-state index in [1.54, 1.807) is 24.3 Å². The predicted octanol–water partition coefficient (Wildman–Crippen LogP) is 3.95. The Kier molecular flexibility index (Phi) is 6.17. The van der Waals surface area contributed by atoms with Crippen LogP contribution in [0.1, 0.15) is 25.0 Å². The third kappa shape index (κ3) is 5.95. The fraction of sp³-hybridized carbons (Fsp3) is 0.300. The molecule has 0 aliphatic carbocycles. The first-order chi connectivity index (χ1) is 11.8. The van der Waals surface area contributed by atoms with Crippen molar-refractivity contribution in [1.82, 2.24) is 0 Å². The van der Waals surface area contributed by atoms with Gasteiger partial charge < -0.3 is 16.0 Å². The van der Waals surface area contributed by atoms with E-state index < -0.39 is 0 Å². The van der Waals surface area contributed by atoms with E-state index in [9.17, 15) is 9.59 Å². The van der Waals surface area contributed by atoms with E-state index in [0.29, 0.717) is 11.4 Å². The third-order valence-electron chi connectivity index (χ3n) is 3.64. The number of amides is 2. The molecule has 2 amide bonds. The minimum atomic E-state index is -0.127. The number of rotatable bonds is 6. The maximum Gasteiger partial charge on any atom is 0.243 e. The van der Waals surface area contributed by atoms with Crippen molar-refractivity contribution in [2.75, 3.05) is 22.5 Å². The minimum Gasteiger partial charge on any atom is -0.376 e. The molecule has 0 aliphatic heterocycles. The Hall–Kier alpha value is -2.82. The Labute approximate surface area is 148 Å². The van der Waals surface area contributed by atoms with Gasteiger partial charge in [-0.15, -0.1) is 0 Å². The molecule has 2 aromatic rings. The van der Waals surface area contributed by atoms with Crippen LogP contribution >= 0.6 is 0 Å². The highest BCUT2D eigenvalue weighted by Crippen LogP contribution is 2.15. The van der Waals surface area contributed by atoms with Gasteiger partial charge in [0.15, 0.2) is 0 Å². The van der Waals surface area contributed by atoms with Gasteiger partial charge in [-0.25, -0.2) is 0 Å². The van der Waals surface area contributed by atoms with Crippen LogP contribution in [0.15, 0.2) is 42.5 Å². The standard InChI is InChI=1S/C20H25N3O2/c1-13(2)20(25)23-17-7-5-16(6-8-17)22-19(24)12-21-18-10-14(3)9-15(4)11-18/h5-11,13,21H,12H2,1-4H3,(H,22,24)(H,23,25). The van der Waals surface area contributed by atoms with Gasteiger partial charge in [0.2, 0.25) is 11.8 Å². The van der Waals surface area contributed by atoms with E-state index >= 15 is 0 Å². The molecular formula is C20H25N3O2. The topological polar surface area (TPSA) is 70.2 Å². The Bertz CT molecular complexity index is 732. The van der Waals surface area contributed by atoms with E-state index in [4.69, 9.17) is 0 Å². The molecule has 0 saturated carbocycles. The molecule has 0 saturated heterocycles. The fourth-order valence-corrected chi connectivity index (χ4v) is 2.39. The molecule has 0 spiro atoms. The van der Waals surface area contributed by atoms with Crippen LogP contribution < -0.4 is 16.0 Å². The van der Waals surface area contributed by atoms with Crippen molar-refractivity contribution >= 4 is 28.9 Å². The number of nitrogens with one attached hydrogen (secondary N) is 3. The molecule has 0 bridgehead atoms. The van der Waals surface area contributed by atoms with E-state index in [-0.39, 0.29) is 24.3 Å². The molecule has 2 aromatic carbocycles. The van der Waals surface area contributed by atoms with E-state index in [2.05, 4.69) is 22.0 Å². The van der Waals surface area contributed by atoms with Crippen LogP contribution in [0.3, 0.4) is 0 Å². The van der Waals surface area contributed by atoms with E-state index in [1.165, 1.54) is 0 Å². The van der Waals surface area contributed by atoms with Crippen molar-refractivity contribution < 1.29 is 9.59 Å². The summed E-state index contributed by atoms with van der Waals surface area (Å²) in [4.78, 5) is 23.7. The van der Waals surface area contributed by atoms with Crippen LogP contribution in [0.2, 0.25) is 0 Å². The van der Waals surface area contributed by atoms with Crippen LogP contribution in [0.25, 0.3) is 0 Å². The number of anilines is 3. The summed E-state index contributed by atoms with van der Waals surface area (Å²) >= 11 is 0. The second kappa shape index (κ2) is 8.33. The summed E-state index contributed by atoms with van der Waals surface area (Å²) in [7, 11) is 0. The lowest BCUT2D eigenvalue weighted by Crippen LogP contribution is -2.22. The van der Waals surface area contributed by atoms with Gasteiger partial charge in [0.05, 0.1) is 6.54 Å². The Morgan fingerprint density at radius 3 is 1.88 bits per heavy atom. The summed E-state index contributed by atoms with van der Waals surface area (Å²) in [5, 5.41) is 8.77. The first-order valence-corrected chi connectivity index (χ1v) is 8.36. The van der Waals surface area contributed by atoms with Crippen molar-refractivity contribution in [3.05, 3.63) is 53.6 Å². The zero-order valence-corrected chi connectivity index (χ0v) is 15.1. The molecule has 0 unspecified atom stereocenters. The van der Waals surface area contributed by atoms with Gasteiger partial charge in [0.25, 0.3) is 0 Å². The molecule has 5 nitrogen and oxygen atoms in total. The molecule has 0 aliphatic rings. The SMILES string of the molecule is Cc1cc(C)cc(NCC(=O)Nc2ccc(NC(=O)C(C)C)cc2)c1. The molecule has 5 heteroatoms. The van der Waals surface area contributed by atoms with E-state index in [0.717, 1.165) is 16.8 Å². The highest BCUT2D eigenvalue weighted by molar-refractivity contribution is 5.95. The molecule has 0 aromatic heterocycles. The second-order valence-corrected chi connectivity index (χ2v) is 6.50. The average molecular weight is 339 g/mol. The average Bonchev–Trinajstić information content (AvgIpc) is 2.54. The van der Waals surface area contributed by atoms with Crippen LogP contribution in [0.5, 0.6) is 0 Å². The summed E-state index contributed by atoms with van der Waals surface area (Å²) in [6, 6.07) is 13.2. The zero-order chi connectivity index (χ0) is 18.4. The maximum absolute atomic E-state index is 12.1. The number of benzene rings is 2. The highest BCUT2D eigenvalue weighted by atomic mass is 16.2. The van der Waals surface area contributed by atoms with E-state index in [1.807, 2.05) is 39.8 Å². The lowest BCUT2D eigenvalue weighted by Gasteiger charge is -2.11. The van der Waals surface area contributed by atoms with Gasteiger partial charge >= 0.3 is 0 Å². The smallest absolute Gasteiger partial charge is 0.243 e. The van der Waals surface area contributed by atoms with Gasteiger partial charge in [-0.1, -0.05) is 19.9 Å². The monoisotopic (exact) mass is 339 g/mol. The van der Waals surface area contributed by atoms with Gasteiger partial charge in [-0.2, -0.15) is 0 Å². The first-order valence-electron chi connectivity index (χ1n) is 8.36. The normalized spacial score (nSPS) is 10.4. The van der Waals surface area contributed by atoms with Crippen LogP contribution in [0.4, 0.5) is 17.1 Å². The molecule has 3 N–H and O–H groups in total. The van der Waals surface area contributed by atoms with Crippen LogP contribution in [0, 0.1) is 19.8 Å². The molecule has 0 radical (unpaired) electrons. The summed E-state index contributed by atoms with van der Waals surface area (Å²) in [6.45, 7) is 7.92. The van der Waals surface area contributed by atoms with Crippen molar-refractivity contribution in [2.45, 2.75) is 27.7 Å². The summed E-state index contributed by atoms with van der Waals surface area (Å²) in [5.41, 5.74) is 4.64. The number of aryl methyl sites for hydroxylation is 2. The lowest BCUT2D eigenvalue weighted by atomic mass is 10.1. The summed E-state index contributed by atoms with van der Waals surface area (Å²) < 4.78 is 0. The van der Waals surface area contributed by atoms with Gasteiger partial charge in [0.1, 0.15) is 0 Å². The fourth-order valence-electron chi connectivity index (χ4n) is 2.39. The van der Waals surface area contributed by atoms with Crippen molar-refractivity contribution in [3.63, 3.8) is 0 Å². The highest BCUT2D eigenvalue weighted by Gasteiger charge is 2.07. The molecule has 132 valence electrons. The third-order valence-corrected chi connectivity index (χ3v) is 3.64. The number of hydrogen-bond acceptors (Lipinski definition) is 3. The maximum atomic E-state index is 12.1. The second-order valence-electron chi connectivity index (χ2n) is 6.50. The Morgan fingerprint density at radius 2 is 1.36 bits per heavy atom. The van der Waals surface area contributed by atoms with Gasteiger partial charge in [-0.05, 0) is 61.4 Å². The molecule has 0 atom stereocenters. The molecule has 2 rings (SSSR count). The summed E-state index contributed by atoms with van der Waals surface area (Å²) in [6.07, 6.45) is 0. The first kappa shape index (κ1) is 18.5. The zero-order valence-electron chi connectivity index (χ0n) is 15.1. The molecule has 0 fully saturated rings. The van der Waals surface area contributed by atoms with Crippen molar-refractivity contribution in [3.8, 4) is 0 Å². The number of hydrogen-bond donors (Lipinski definition) is 3. The Balaban J connectivity index is 1.87. The number of carbonyl (C=O) groups is 2.